The molecule has 6 heteroatoms. The van der Waals surface area contributed by atoms with Crippen molar-refractivity contribution in [3.63, 3.8) is 0 Å². The van der Waals surface area contributed by atoms with Crippen LogP contribution < -0.4 is 4.90 Å². The van der Waals surface area contributed by atoms with Gasteiger partial charge in [0.1, 0.15) is 0 Å². The van der Waals surface area contributed by atoms with Crippen molar-refractivity contribution >= 4 is 33.5 Å². The van der Waals surface area contributed by atoms with Gasteiger partial charge < -0.3 is 10.0 Å². The maximum Gasteiger partial charge on any atom is 0.309 e. The van der Waals surface area contributed by atoms with E-state index in [4.69, 9.17) is 0 Å². The second kappa shape index (κ2) is 5.71. The number of anilines is 1. The van der Waals surface area contributed by atoms with E-state index in [1.165, 1.54) is 0 Å². The summed E-state index contributed by atoms with van der Waals surface area (Å²) in [6.45, 7) is 0.800. The van der Waals surface area contributed by atoms with Crippen LogP contribution in [0.4, 0.5) is 5.69 Å². The van der Waals surface area contributed by atoms with Crippen molar-refractivity contribution in [2.45, 2.75) is 0 Å². The highest BCUT2D eigenvalue weighted by Crippen LogP contribution is 2.27. The lowest BCUT2D eigenvalue weighted by molar-refractivity contribution is -0.141. The molecule has 0 aliphatic carbocycles. The first kappa shape index (κ1) is 14.0. The van der Waals surface area contributed by atoms with Gasteiger partial charge in [-0.15, -0.1) is 0 Å². The van der Waals surface area contributed by atoms with Gasteiger partial charge in [-0.2, -0.15) is 0 Å². The number of carbonyl (C=O) groups excluding carboxylic acids is 1. The molecular formula is C13H15BrN2O3. The number of likely N-dealkylation sites (N-methyl/N-ethyl adjacent to an activating group) is 1. The average Bonchev–Trinajstić information content (AvgIpc) is 2.48. The van der Waals surface area contributed by atoms with Gasteiger partial charge in [0.15, 0.2) is 0 Å². The van der Waals surface area contributed by atoms with Crippen molar-refractivity contribution in [1.82, 2.24) is 4.90 Å². The molecule has 0 saturated carbocycles. The Balaban J connectivity index is 2.34. The fourth-order valence-corrected chi connectivity index (χ4v) is 2.70. The molecule has 0 radical (unpaired) electrons. The van der Waals surface area contributed by atoms with Gasteiger partial charge in [0, 0.05) is 17.6 Å². The van der Waals surface area contributed by atoms with E-state index in [2.05, 4.69) is 15.9 Å². The summed E-state index contributed by atoms with van der Waals surface area (Å²) in [4.78, 5) is 26.8. The molecule has 2 rings (SSSR count). The van der Waals surface area contributed by atoms with Crippen LogP contribution in [0.2, 0.25) is 0 Å². The number of rotatable bonds is 2. The highest BCUT2D eigenvalue weighted by atomic mass is 79.9. The number of para-hydroxylation sites is 1. The smallest absolute Gasteiger partial charge is 0.309 e. The Kier molecular flexibility index (Phi) is 4.21. The van der Waals surface area contributed by atoms with Gasteiger partial charge in [-0.3, -0.25) is 14.5 Å². The first-order chi connectivity index (χ1) is 8.99. The number of carbonyl (C=O) groups is 2. The van der Waals surface area contributed by atoms with Gasteiger partial charge in [0.25, 0.3) is 0 Å². The van der Waals surface area contributed by atoms with E-state index in [1.54, 1.807) is 16.8 Å². The van der Waals surface area contributed by atoms with Crippen LogP contribution in [-0.2, 0) is 9.59 Å². The second-order valence-electron chi connectivity index (χ2n) is 4.69. The standard InChI is InChI=1S/C13H15BrN2O3/c1-15-6-9(13(18)19)7-16(12(17)8-15)11-5-3-2-4-10(11)14/h2-5,9H,6-8H2,1H3,(H,18,19). The largest absolute Gasteiger partial charge is 0.481 e. The molecule has 1 aliphatic rings. The minimum absolute atomic E-state index is 0.0850. The lowest BCUT2D eigenvalue weighted by Gasteiger charge is -2.23. The molecule has 19 heavy (non-hydrogen) atoms. The monoisotopic (exact) mass is 326 g/mol. The van der Waals surface area contributed by atoms with Crippen LogP contribution >= 0.6 is 15.9 Å². The molecule has 5 nitrogen and oxygen atoms in total. The zero-order valence-corrected chi connectivity index (χ0v) is 12.1. The summed E-state index contributed by atoms with van der Waals surface area (Å²) in [6.07, 6.45) is 0. The van der Waals surface area contributed by atoms with Gasteiger partial charge in [0.2, 0.25) is 5.91 Å². The Labute approximate surface area is 119 Å². The van der Waals surface area contributed by atoms with E-state index in [0.29, 0.717) is 12.2 Å². The molecule has 102 valence electrons. The number of nitrogens with zero attached hydrogens (tertiary/aromatic N) is 2. The molecule has 1 amide bonds. The van der Waals surface area contributed by atoms with Gasteiger partial charge in [-0.05, 0) is 35.1 Å². The molecule has 1 fully saturated rings. The molecule has 1 unspecified atom stereocenters. The summed E-state index contributed by atoms with van der Waals surface area (Å²) in [6, 6.07) is 7.34. The number of hydrogen-bond acceptors (Lipinski definition) is 3. The third kappa shape index (κ3) is 3.13. The van der Waals surface area contributed by atoms with Crippen molar-refractivity contribution in [2.24, 2.45) is 5.92 Å². The molecule has 1 heterocycles. The first-order valence-corrected chi connectivity index (χ1v) is 6.74. The topological polar surface area (TPSA) is 60.9 Å². The summed E-state index contributed by atoms with van der Waals surface area (Å²) >= 11 is 3.40. The second-order valence-corrected chi connectivity index (χ2v) is 5.54. The van der Waals surface area contributed by atoms with E-state index < -0.39 is 11.9 Å². The Morgan fingerprint density at radius 2 is 2.05 bits per heavy atom. The number of halogens is 1. The molecule has 1 atom stereocenters. The fraction of sp³-hybridized carbons (Fsp3) is 0.385. The zero-order valence-electron chi connectivity index (χ0n) is 10.5. The fourth-order valence-electron chi connectivity index (χ4n) is 2.20. The summed E-state index contributed by atoms with van der Waals surface area (Å²) in [7, 11) is 1.76. The molecule has 1 N–H and O–H groups in total. The van der Waals surface area contributed by atoms with Crippen LogP contribution in [0.15, 0.2) is 28.7 Å². The third-order valence-electron chi connectivity index (χ3n) is 3.13. The Bertz CT molecular complexity index is 506. The van der Waals surface area contributed by atoms with Crippen molar-refractivity contribution in [3.05, 3.63) is 28.7 Å². The van der Waals surface area contributed by atoms with E-state index in [9.17, 15) is 14.7 Å². The van der Waals surface area contributed by atoms with Crippen LogP contribution in [-0.4, -0.2) is 48.6 Å². The highest BCUT2D eigenvalue weighted by molar-refractivity contribution is 9.10. The quantitative estimate of drug-likeness (QED) is 0.893. The summed E-state index contributed by atoms with van der Waals surface area (Å²) < 4.78 is 0.789. The van der Waals surface area contributed by atoms with E-state index >= 15 is 0 Å². The number of hydrogen-bond donors (Lipinski definition) is 1. The minimum atomic E-state index is -0.876. The summed E-state index contributed by atoms with van der Waals surface area (Å²) in [5, 5.41) is 9.22. The van der Waals surface area contributed by atoms with Crippen LogP contribution in [0.3, 0.4) is 0 Å². The first-order valence-electron chi connectivity index (χ1n) is 5.95. The zero-order chi connectivity index (χ0) is 14.0. The number of carboxylic acids is 1. The molecule has 1 saturated heterocycles. The third-order valence-corrected chi connectivity index (χ3v) is 3.80. The predicted molar refractivity (Wildman–Crippen MR) is 75.1 cm³/mol. The van der Waals surface area contributed by atoms with Crippen LogP contribution in [0, 0.1) is 5.92 Å². The maximum absolute atomic E-state index is 12.2. The number of amides is 1. The summed E-state index contributed by atoms with van der Waals surface area (Å²) in [5.74, 6) is -1.54. The van der Waals surface area contributed by atoms with Gasteiger partial charge in [-0.25, -0.2) is 0 Å². The van der Waals surface area contributed by atoms with Crippen molar-refractivity contribution in [3.8, 4) is 0 Å². The molecular weight excluding hydrogens is 312 g/mol. The van der Waals surface area contributed by atoms with E-state index in [0.717, 1.165) is 4.47 Å². The van der Waals surface area contributed by atoms with Crippen molar-refractivity contribution < 1.29 is 14.7 Å². The highest BCUT2D eigenvalue weighted by Gasteiger charge is 2.31. The van der Waals surface area contributed by atoms with Gasteiger partial charge in [-0.1, -0.05) is 12.1 Å². The minimum Gasteiger partial charge on any atom is -0.481 e. The van der Waals surface area contributed by atoms with Gasteiger partial charge >= 0.3 is 5.97 Å². The summed E-state index contributed by atoms with van der Waals surface area (Å²) in [5.41, 5.74) is 0.717. The lowest BCUT2D eigenvalue weighted by Crippen LogP contribution is -2.37. The molecule has 1 aromatic carbocycles. The number of aliphatic carboxylic acids is 1. The molecule has 1 aliphatic heterocycles. The van der Waals surface area contributed by atoms with Crippen LogP contribution in [0.1, 0.15) is 0 Å². The Morgan fingerprint density at radius 3 is 2.68 bits per heavy atom. The number of benzene rings is 1. The lowest BCUT2D eigenvalue weighted by atomic mass is 10.1. The number of carboxylic acid groups (broad SMARTS) is 1. The Morgan fingerprint density at radius 1 is 1.37 bits per heavy atom. The molecule has 1 aromatic rings. The van der Waals surface area contributed by atoms with Gasteiger partial charge in [0.05, 0.1) is 18.2 Å². The van der Waals surface area contributed by atoms with E-state index in [1.807, 2.05) is 24.3 Å². The maximum atomic E-state index is 12.2. The van der Waals surface area contributed by atoms with Crippen LogP contribution in [0.5, 0.6) is 0 Å². The average molecular weight is 327 g/mol. The normalized spacial score (nSPS) is 21.3. The SMILES string of the molecule is CN1CC(=O)N(c2ccccc2Br)CC(C(=O)O)C1. The molecule has 0 bridgehead atoms. The molecule has 0 aromatic heterocycles. The van der Waals surface area contributed by atoms with Crippen molar-refractivity contribution in [1.29, 1.82) is 0 Å². The Hall–Kier alpha value is -1.40. The van der Waals surface area contributed by atoms with E-state index in [-0.39, 0.29) is 19.0 Å². The van der Waals surface area contributed by atoms with Crippen molar-refractivity contribution in [2.75, 3.05) is 31.6 Å². The predicted octanol–water partition coefficient (Wildman–Crippen LogP) is 1.43. The van der Waals surface area contributed by atoms with Crippen LogP contribution in [0.25, 0.3) is 0 Å². The molecule has 0 spiro atoms.